The fraction of sp³-hybridized carbons (Fsp3) is 0.519. The van der Waals surface area contributed by atoms with Gasteiger partial charge in [-0.1, -0.05) is 18.5 Å². The highest BCUT2D eigenvalue weighted by Gasteiger charge is 2.44. The minimum Gasteiger partial charge on any atom is -0.477 e. The number of nitrogens with zero attached hydrogens (tertiary/aromatic N) is 4. The zero-order valence-electron chi connectivity index (χ0n) is 22.0. The van der Waals surface area contributed by atoms with Crippen molar-refractivity contribution in [3.63, 3.8) is 0 Å². The average molecular weight is 595 g/mol. The van der Waals surface area contributed by atoms with Crippen molar-refractivity contribution in [1.29, 1.82) is 0 Å². The monoisotopic (exact) mass is 594 g/mol. The van der Waals surface area contributed by atoms with Crippen LogP contribution in [0.3, 0.4) is 0 Å². The van der Waals surface area contributed by atoms with Gasteiger partial charge in [0.05, 0.1) is 30.4 Å². The van der Waals surface area contributed by atoms with Gasteiger partial charge in [-0.2, -0.15) is 23.1 Å². The maximum absolute atomic E-state index is 16.5. The van der Waals surface area contributed by atoms with Gasteiger partial charge >= 0.3 is 12.2 Å². The predicted octanol–water partition coefficient (Wildman–Crippen LogP) is 4.59. The molecule has 0 radical (unpaired) electrons. The lowest BCUT2D eigenvalue weighted by atomic mass is 9.90. The summed E-state index contributed by atoms with van der Waals surface area (Å²) in [5.74, 6) is -0.757. The Balaban J connectivity index is 1.46. The third-order valence-corrected chi connectivity index (χ3v) is 8.59. The van der Waals surface area contributed by atoms with Gasteiger partial charge in [-0.05, 0) is 25.0 Å². The van der Waals surface area contributed by atoms with Gasteiger partial charge in [-0.3, -0.25) is 0 Å². The normalized spacial score (nSPS) is 24.7. The number of piperazine rings is 1. The van der Waals surface area contributed by atoms with Crippen molar-refractivity contribution < 1.29 is 31.8 Å². The number of ether oxygens (including phenoxy) is 3. The third kappa shape index (κ3) is 4.49. The molecule has 3 N–H and O–H groups in total. The van der Waals surface area contributed by atoms with Crippen LogP contribution in [0.1, 0.15) is 31.7 Å². The molecule has 0 spiro atoms. The van der Waals surface area contributed by atoms with E-state index in [9.17, 15) is 13.2 Å². The molecule has 3 saturated heterocycles. The number of benzene rings is 1. The van der Waals surface area contributed by atoms with E-state index in [1.807, 2.05) is 6.92 Å². The summed E-state index contributed by atoms with van der Waals surface area (Å²) in [5.41, 5.74) is 2.78. The first-order valence-corrected chi connectivity index (χ1v) is 13.8. The molecule has 0 aliphatic carbocycles. The zero-order valence-corrected chi connectivity index (χ0v) is 22.8. The summed E-state index contributed by atoms with van der Waals surface area (Å²) in [7, 11) is 0. The van der Waals surface area contributed by atoms with Crippen LogP contribution in [0.2, 0.25) is 5.02 Å². The lowest BCUT2D eigenvalue weighted by molar-refractivity contribution is -0.137. The molecule has 3 atom stereocenters. The molecule has 9 nitrogen and oxygen atoms in total. The van der Waals surface area contributed by atoms with Crippen molar-refractivity contribution >= 4 is 34.0 Å². The molecule has 14 heteroatoms. The zero-order chi connectivity index (χ0) is 28.7. The van der Waals surface area contributed by atoms with Gasteiger partial charge in [0.2, 0.25) is 5.88 Å². The van der Waals surface area contributed by atoms with Crippen LogP contribution in [0.4, 0.5) is 29.1 Å². The standard InChI is InChI=1S/C27H27ClF4N6O3/c1-26(9-39-10-26)11-41-25-36-22-18-23(37-25)38-8-13-2-3-16(34-13)17(38)4-5-40-24(18)35-21(20(22)29)14-6-12(33)7-15(28)19(14)27(30,31)32/h6-7,13,16-17,34H,2-5,8-11,33H2,1H3/t13-,16+,17-/m1/s1. The number of aromatic nitrogens is 3. The highest BCUT2D eigenvalue weighted by Crippen LogP contribution is 2.47. The highest BCUT2D eigenvalue weighted by molar-refractivity contribution is 6.32. The summed E-state index contributed by atoms with van der Waals surface area (Å²) >= 11 is 5.99. The Morgan fingerprint density at radius 2 is 2.00 bits per heavy atom. The van der Waals surface area contributed by atoms with Crippen molar-refractivity contribution in [2.24, 2.45) is 5.41 Å². The second kappa shape index (κ2) is 9.43. The number of anilines is 2. The van der Waals surface area contributed by atoms with Crippen LogP contribution in [0.25, 0.3) is 22.2 Å². The first-order valence-electron chi connectivity index (χ1n) is 13.4. The molecule has 0 amide bonds. The summed E-state index contributed by atoms with van der Waals surface area (Å²) in [6.45, 7) is 4.03. The number of halogens is 5. The molecule has 3 aromatic rings. The summed E-state index contributed by atoms with van der Waals surface area (Å²) in [4.78, 5) is 15.5. The smallest absolute Gasteiger partial charge is 0.418 e. The van der Waals surface area contributed by atoms with E-state index in [0.29, 0.717) is 32.0 Å². The molecule has 2 aromatic heterocycles. The van der Waals surface area contributed by atoms with Crippen molar-refractivity contribution in [3.8, 4) is 23.1 Å². The largest absolute Gasteiger partial charge is 0.477 e. The molecular formula is C27H27ClF4N6O3. The lowest BCUT2D eigenvalue weighted by Gasteiger charge is -2.43. The van der Waals surface area contributed by atoms with Crippen molar-refractivity contribution in [1.82, 2.24) is 20.3 Å². The number of fused-ring (bicyclic) bond motifs is 5. The second-order valence-corrected chi connectivity index (χ2v) is 12.0. The van der Waals surface area contributed by atoms with Gasteiger partial charge in [0, 0.05) is 47.8 Å². The Kier molecular flexibility index (Phi) is 6.15. The summed E-state index contributed by atoms with van der Waals surface area (Å²) in [6, 6.07) is 2.31. The number of hydrogen-bond donors (Lipinski definition) is 2. The van der Waals surface area contributed by atoms with Crippen molar-refractivity contribution in [2.45, 2.75) is 50.5 Å². The number of nitrogens with one attached hydrogen (secondary N) is 1. The minimum absolute atomic E-state index is 0.0118. The maximum Gasteiger partial charge on any atom is 0.418 e. The summed E-state index contributed by atoms with van der Waals surface area (Å²) in [5, 5.41) is 3.15. The van der Waals surface area contributed by atoms with E-state index >= 15 is 4.39 Å². The number of nitrogens with two attached hydrogens (primary N) is 1. The van der Waals surface area contributed by atoms with Gasteiger partial charge in [0.15, 0.2) is 5.82 Å². The fourth-order valence-corrected chi connectivity index (χ4v) is 6.63. The molecule has 218 valence electrons. The number of pyridine rings is 1. The Hall–Kier alpha value is -3.16. The number of rotatable bonds is 4. The Bertz CT molecular complexity index is 1550. The van der Waals surface area contributed by atoms with Gasteiger partial charge < -0.3 is 30.2 Å². The van der Waals surface area contributed by atoms with E-state index in [-0.39, 0.29) is 65.2 Å². The highest BCUT2D eigenvalue weighted by atomic mass is 35.5. The number of nitrogen functional groups attached to an aromatic ring is 1. The molecule has 4 aliphatic heterocycles. The van der Waals surface area contributed by atoms with Crippen LogP contribution in [-0.2, 0) is 10.9 Å². The second-order valence-electron chi connectivity index (χ2n) is 11.6. The quantitative estimate of drug-likeness (QED) is 0.331. The molecule has 1 aromatic carbocycles. The topological polar surface area (TPSA) is 108 Å². The maximum atomic E-state index is 16.5. The summed E-state index contributed by atoms with van der Waals surface area (Å²) < 4.78 is 76.3. The molecule has 0 unspecified atom stereocenters. The van der Waals surface area contributed by atoms with Crippen LogP contribution >= 0.6 is 11.6 Å². The van der Waals surface area contributed by atoms with Gasteiger partial charge in [-0.25, -0.2) is 9.37 Å². The van der Waals surface area contributed by atoms with Crippen molar-refractivity contribution in [2.75, 3.05) is 43.6 Å². The van der Waals surface area contributed by atoms with E-state index < -0.39 is 33.8 Å². The van der Waals surface area contributed by atoms with Gasteiger partial charge in [-0.15, -0.1) is 0 Å². The SMILES string of the molecule is CC1(COc2nc3c4c(nc(-c5cc(N)cc(Cl)c5C(F)(F)F)c(F)c4n2)OCC[C@@H]2[C@@H]4CC[C@H](CN32)N4)COC1. The lowest BCUT2D eigenvalue weighted by Crippen LogP contribution is -2.59. The predicted molar refractivity (Wildman–Crippen MR) is 143 cm³/mol. The minimum atomic E-state index is -4.91. The Labute approximate surface area is 237 Å². The fourth-order valence-electron chi connectivity index (χ4n) is 6.30. The Morgan fingerprint density at radius 1 is 1.20 bits per heavy atom. The van der Waals surface area contributed by atoms with E-state index in [0.717, 1.165) is 25.0 Å². The first kappa shape index (κ1) is 26.7. The molecule has 6 heterocycles. The van der Waals surface area contributed by atoms with Crippen LogP contribution < -0.4 is 25.4 Å². The van der Waals surface area contributed by atoms with Crippen molar-refractivity contribution in [3.05, 3.63) is 28.5 Å². The van der Waals surface area contributed by atoms with Crippen LogP contribution in [0.15, 0.2) is 12.1 Å². The van der Waals surface area contributed by atoms with Gasteiger partial charge in [0.1, 0.15) is 29.0 Å². The Morgan fingerprint density at radius 3 is 2.73 bits per heavy atom. The van der Waals surface area contributed by atoms with Crippen LogP contribution in [-0.4, -0.2) is 66.0 Å². The molecule has 41 heavy (non-hydrogen) atoms. The van der Waals surface area contributed by atoms with E-state index in [1.165, 1.54) is 0 Å². The van der Waals surface area contributed by atoms with Crippen LogP contribution in [0, 0.1) is 11.2 Å². The first-order chi connectivity index (χ1) is 19.5. The van der Waals surface area contributed by atoms with E-state index in [2.05, 4.69) is 20.2 Å². The molecule has 0 saturated carbocycles. The molecule has 3 fully saturated rings. The van der Waals surface area contributed by atoms with E-state index in [4.69, 9.17) is 36.5 Å². The average Bonchev–Trinajstić information content (AvgIpc) is 3.28. The number of alkyl halides is 3. The van der Waals surface area contributed by atoms with E-state index in [1.54, 1.807) is 0 Å². The molecule has 7 rings (SSSR count). The van der Waals surface area contributed by atoms with Gasteiger partial charge in [0.25, 0.3) is 0 Å². The molecular weight excluding hydrogens is 568 g/mol. The number of hydrogen-bond acceptors (Lipinski definition) is 9. The molecule has 4 aliphatic rings. The summed E-state index contributed by atoms with van der Waals surface area (Å²) in [6.07, 6.45) is -2.33. The van der Waals surface area contributed by atoms with Crippen LogP contribution in [0.5, 0.6) is 11.9 Å². The third-order valence-electron chi connectivity index (χ3n) is 8.30. The molecule has 2 bridgehead atoms.